The van der Waals surface area contributed by atoms with Crippen LogP contribution in [0.4, 0.5) is 0 Å². The first-order valence-electron chi connectivity index (χ1n) is 9.84. The van der Waals surface area contributed by atoms with Crippen LogP contribution in [0.1, 0.15) is 34.1 Å². The summed E-state index contributed by atoms with van der Waals surface area (Å²) in [4.78, 5) is 26.1. The Hall–Kier alpha value is -2.92. The van der Waals surface area contributed by atoms with Crippen LogP contribution in [-0.4, -0.2) is 23.9 Å². The Morgan fingerprint density at radius 2 is 1.52 bits per heavy atom. The largest absolute Gasteiger partial charge is 0.352 e. The SMILES string of the molecule is CC(CCc1ccccc1)NC(=O)C(Cc1ccccc1)NC(=O)c1cccs1. The van der Waals surface area contributed by atoms with Gasteiger partial charge in [0.05, 0.1) is 4.88 Å². The zero-order valence-electron chi connectivity index (χ0n) is 16.5. The normalized spacial score (nSPS) is 12.7. The zero-order chi connectivity index (χ0) is 20.5. The number of hydrogen-bond donors (Lipinski definition) is 2. The van der Waals surface area contributed by atoms with Gasteiger partial charge in [-0.25, -0.2) is 0 Å². The number of amides is 2. The molecular formula is C24H26N2O2S. The van der Waals surface area contributed by atoms with Gasteiger partial charge in [-0.1, -0.05) is 66.7 Å². The van der Waals surface area contributed by atoms with Crippen molar-refractivity contribution in [1.82, 2.24) is 10.6 Å². The lowest BCUT2D eigenvalue weighted by atomic mass is 10.0. The summed E-state index contributed by atoms with van der Waals surface area (Å²) in [7, 11) is 0. The van der Waals surface area contributed by atoms with E-state index in [1.807, 2.05) is 66.9 Å². The molecule has 0 radical (unpaired) electrons. The highest BCUT2D eigenvalue weighted by molar-refractivity contribution is 7.12. The number of benzene rings is 2. The summed E-state index contributed by atoms with van der Waals surface area (Å²) in [6.07, 6.45) is 2.19. The predicted molar refractivity (Wildman–Crippen MR) is 118 cm³/mol. The first-order chi connectivity index (χ1) is 14.1. The summed E-state index contributed by atoms with van der Waals surface area (Å²) in [5.41, 5.74) is 2.26. The summed E-state index contributed by atoms with van der Waals surface area (Å²) >= 11 is 1.37. The minimum atomic E-state index is -0.619. The third-order valence-electron chi connectivity index (χ3n) is 4.75. The molecule has 0 saturated carbocycles. The van der Waals surface area contributed by atoms with Gasteiger partial charge in [0.1, 0.15) is 6.04 Å². The van der Waals surface area contributed by atoms with Gasteiger partial charge in [0.2, 0.25) is 5.91 Å². The maximum Gasteiger partial charge on any atom is 0.262 e. The van der Waals surface area contributed by atoms with Crippen molar-refractivity contribution in [2.24, 2.45) is 0 Å². The molecule has 0 spiro atoms. The van der Waals surface area contributed by atoms with Crippen molar-refractivity contribution in [2.45, 2.75) is 38.3 Å². The molecule has 2 aromatic carbocycles. The van der Waals surface area contributed by atoms with Gasteiger partial charge in [-0.3, -0.25) is 9.59 Å². The smallest absolute Gasteiger partial charge is 0.262 e. The summed E-state index contributed by atoms with van der Waals surface area (Å²) in [5.74, 6) is -0.368. The lowest BCUT2D eigenvalue weighted by Gasteiger charge is -2.21. The van der Waals surface area contributed by atoms with Crippen LogP contribution in [0.3, 0.4) is 0 Å². The molecule has 0 aliphatic carbocycles. The molecule has 1 heterocycles. The molecule has 29 heavy (non-hydrogen) atoms. The second kappa shape index (κ2) is 10.6. The summed E-state index contributed by atoms with van der Waals surface area (Å²) in [5, 5.41) is 7.83. The molecule has 3 rings (SSSR count). The van der Waals surface area contributed by atoms with Crippen molar-refractivity contribution in [3.63, 3.8) is 0 Å². The molecular weight excluding hydrogens is 380 g/mol. The molecule has 150 valence electrons. The maximum absolute atomic E-state index is 13.0. The third-order valence-corrected chi connectivity index (χ3v) is 5.62. The molecule has 2 unspecified atom stereocenters. The number of nitrogens with one attached hydrogen (secondary N) is 2. The van der Waals surface area contributed by atoms with Crippen molar-refractivity contribution in [1.29, 1.82) is 0 Å². The Bertz CT molecular complexity index is 895. The molecule has 2 N–H and O–H groups in total. The van der Waals surface area contributed by atoms with Crippen molar-refractivity contribution < 1.29 is 9.59 Å². The van der Waals surface area contributed by atoms with Gasteiger partial charge in [0.15, 0.2) is 0 Å². The molecule has 2 amide bonds. The van der Waals surface area contributed by atoms with Crippen LogP contribution in [0, 0.1) is 0 Å². The molecule has 5 heteroatoms. The number of aryl methyl sites for hydroxylation is 1. The van der Waals surface area contributed by atoms with E-state index in [2.05, 4.69) is 22.8 Å². The second-order valence-electron chi connectivity index (χ2n) is 7.13. The molecule has 4 nitrogen and oxygen atoms in total. The van der Waals surface area contributed by atoms with Gasteiger partial charge in [-0.15, -0.1) is 11.3 Å². The minimum absolute atomic E-state index is 0.0135. The van der Waals surface area contributed by atoms with Crippen molar-refractivity contribution in [3.8, 4) is 0 Å². The highest BCUT2D eigenvalue weighted by atomic mass is 32.1. The first kappa shape index (κ1) is 20.8. The number of hydrogen-bond acceptors (Lipinski definition) is 3. The van der Waals surface area contributed by atoms with Gasteiger partial charge >= 0.3 is 0 Å². The van der Waals surface area contributed by atoms with E-state index in [9.17, 15) is 9.59 Å². The fraction of sp³-hybridized carbons (Fsp3) is 0.250. The maximum atomic E-state index is 13.0. The van der Waals surface area contributed by atoms with E-state index in [0.29, 0.717) is 11.3 Å². The van der Waals surface area contributed by atoms with Gasteiger partial charge in [-0.05, 0) is 42.3 Å². The van der Waals surface area contributed by atoms with Gasteiger partial charge in [0.25, 0.3) is 5.91 Å². The quantitative estimate of drug-likeness (QED) is 0.559. The average Bonchev–Trinajstić information content (AvgIpc) is 3.28. The van der Waals surface area contributed by atoms with Crippen LogP contribution in [0.2, 0.25) is 0 Å². The highest BCUT2D eigenvalue weighted by Gasteiger charge is 2.23. The van der Waals surface area contributed by atoms with Crippen LogP contribution in [-0.2, 0) is 17.6 Å². The molecule has 0 aliphatic rings. The number of thiophene rings is 1. The fourth-order valence-corrected chi connectivity index (χ4v) is 3.77. The molecule has 2 atom stereocenters. The van der Waals surface area contributed by atoms with E-state index < -0.39 is 6.04 Å². The van der Waals surface area contributed by atoms with Crippen molar-refractivity contribution >= 4 is 23.2 Å². The van der Waals surface area contributed by atoms with Crippen LogP contribution >= 0.6 is 11.3 Å². The topological polar surface area (TPSA) is 58.2 Å². The van der Waals surface area contributed by atoms with E-state index in [4.69, 9.17) is 0 Å². The predicted octanol–water partition coefficient (Wildman–Crippen LogP) is 4.23. The Morgan fingerprint density at radius 1 is 0.862 bits per heavy atom. The third kappa shape index (κ3) is 6.57. The van der Waals surface area contributed by atoms with E-state index in [-0.39, 0.29) is 17.9 Å². The van der Waals surface area contributed by atoms with Crippen molar-refractivity contribution in [3.05, 3.63) is 94.2 Å². The lowest BCUT2D eigenvalue weighted by Crippen LogP contribution is -2.50. The molecule has 3 aromatic rings. The van der Waals surface area contributed by atoms with Gasteiger partial charge in [-0.2, -0.15) is 0 Å². The number of rotatable bonds is 9. The van der Waals surface area contributed by atoms with Crippen LogP contribution in [0.25, 0.3) is 0 Å². The highest BCUT2D eigenvalue weighted by Crippen LogP contribution is 2.11. The summed E-state index contributed by atoms with van der Waals surface area (Å²) < 4.78 is 0. The van der Waals surface area contributed by atoms with E-state index >= 15 is 0 Å². The number of carbonyl (C=O) groups is 2. The molecule has 1 aromatic heterocycles. The van der Waals surface area contributed by atoms with E-state index in [1.54, 1.807) is 6.07 Å². The Balaban J connectivity index is 1.62. The molecule has 0 bridgehead atoms. The standard InChI is InChI=1S/C24H26N2O2S/c1-18(14-15-19-9-4-2-5-10-19)25-23(27)21(17-20-11-6-3-7-12-20)26-24(28)22-13-8-16-29-22/h2-13,16,18,21H,14-15,17H2,1H3,(H,25,27)(H,26,28). The van der Waals surface area contributed by atoms with E-state index in [0.717, 1.165) is 18.4 Å². The Kier molecular flexibility index (Phi) is 7.59. The minimum Gasteiger partial charge on any atom is -0.352 e. The molecule has 0 aliphatic heterocycles. The summed E-state index contributed by atoms with van der Waals surface area (Å²) in [6, 6.07) is 23.0. The molecule has 0 saturated heterocycles. The average molecular weight is 407 g/mol. The van der Waals surface area contributed by atoms with Gasteiger partial charge in [0, 0.05) is 12.5 Å². The Labute approximate surface area is 176 Å². The number of carbonyl (C=O) groups excluding carboxylic acids is 2. The van der Waals surface area contributed by atoms with Crippen LogP contribution in [0.5, 0.6) is 0 Å². The second-order valence-corrected chi connectivity index (χ2v) is 8.07. The lowest BCUT2D eigenvalue weighted by molar-refractivity contribution is -0.123. The monoisotopic (exact) mass is 406 g/mol. The zero-order valence-corrected chi connectivity index (χ0v) is 17.3. The Morgan fingerprint density at radius 3 is 2.14 bits per heavy atom. The first-order valence-corrected chi connectivity index (χ1v) is 10.7. The molecule has 0 fully saturated rings. The van der Waals surface area contributed by atoms with Gasteiger partial charge < -0.3 is 10.6 Å². The van der Waals surface area contributed by atoms with E-state index in [1.165, 1.54) is 16.9 Å². The van der Waals surface area contributed by atoms with Crippen LogP contribution < -0.4 is 10.6 Å². The van der Waals surface area contributed by atoms with Crippen molar-refractivity contribution in [2.75, 3.05) is 0 Å². The summed E-state index contributed by atoms with van der Waals surface area (Å²) in [6.45, 7) is 2.00. The van der Waals surface area contributed by atoms with Crippen LogP contribution in [0.15, 0.2) is 78.2 Å². The fourth-order valence-electron chi connectivity index (χ4n) is 3.14.